The Bertz CT molecular complexity index is 1180. The van der Waals surface area contributed by atoms with E-state index in [-0.39, 0.29) is 6.09 Å². The monoisotopic (exact) mass is 520 g/mol. The third-order valence-electron chi connectivity index (χ3n) is 8.17. The SMILES string of the molecule is COc1cc2nn([C@H]3CC[C@H](COCCC4CCN(C(=O)OCc5ccccc5)CC4)CC3)cc2cc1N. The third kappa shape index (κ3) is 6.59. The number of piperidine rings is 1. The highest BCUT2D eigenvalue weighted by molar-refractivity contribution is 5.84. The van der Waals surface area contributed by atoms with Gasteiger partial charge in [-0.05, 0) is 68.4 Å². The van der Waals surface area contributed by atoms with Crippen molar-refractivity contribution in [1.82, 2.24) is 14.7 Å². The van der Waals surface area contributed by atoms with Gasteiger partial charge in [-0.2, -0.15) is 5.10 Å². The van der Waals surface area contributed by atoms with Crippen LogP contribution in [0.3, 0.4) is 0 Å². The number of rotatable bonds is 9. The van der Waals surface area contributed by atoms with Crippen LogP contribution in [0.4, 0.5) is 10.5 Å². The van der Waals surface area contributed by atoms with E-state index in [9.17, 15) is 4.79 Å². The van der Waals surface area contributed by atoms with E-state index in [2.05, 4.69) is 10.9 Å². The quantitative estimate of drug-likeness (QED) is 0.283. The highest BCUT2D eigenvalue weighted by Gasteiger charge is 2.25. The number of methoxy groups -OCH3 is 1. The molecule has 1 aliphatic heterocycles. The van der Waals surface area contributed by atoms with E-state index in [4.69, 9.17) is 25.0 Å². The molecule has 2 aromatic carbocycles. The van der Waals surface area contributed by atoms with Crippen molar-refractivity contribution in [2.45, 2.75) is 57.6 Å². The molecular weight excluding hydrogens is 480 g/mol. The van der Waals surface area contributed by atoms with E-state index < -0.39 is 0 Å². The van der Waals surface area contributed by atoms with Gasteiger partial charge in [-0.25, -0.2) is 4.79 Å². The number of hydrogen-bond acceptors (Lipinski definition) is 6. The Hall–Kier alpha value is -3.26. The zero-order valence-corrected chi connectivity index (χ0v) is 22.4. The van der Waals surface area contributed by atoms with Crippen LogP contribution in [0.5, 0.6) is 5.75 Å². The summed E-state index contributed by atoms with van der Waals surface area (Å²) in [6.45, 7) is 3.51. The smallest absolute Gasteiger partial charge is 0.410 e. The van der Waals surface area contributed by atoms with Crippen molar-refractivity contribution in [1.29, 1.82) is 0 Å². The lowest BCUT2D eigenvalue weighted by molar-refractivity contribution is 0.0561. The molecule has 3 aromatic rings. The number of benzene rings is 2. The van der Waals surface area contributed by atoms with Gasteiger partial charge in [0.05, 0.1) is 24.4 Å². The van der Waals surface area contributed by atoms with E-state index in [1.807, 2.05) is 47.4 Å². The molecule has 38 heavy (non-hydrogen) atoms. The molecule has 8 heteroatoms. The summed E-state index contributed by atoms with van der Waals surface area (Å²) in [6.07, 6.45) is 9.57. The topological polar surface area (TPSA) is 91.8 Å². The number of amides is 1. The Morgan fingerprint density at radius 1 is 1.03 bits per heavy atom. The second-order valence-corrected chi connectivity index (χ2v) is 10.8. The van der Waals surface area contributed by atoms with Crippen LogP contribution in [0.1, 0.15) is 56.6 Å². The number of carbonyl (C=O) groups excluding carboxylic acids is 1. The van der Waals surface area contributed by atoms with E-state index in [0.717, 1.165) is 87.7 Å². The fourth-order valence-electron chi connectivity index (χ4n) is 5.74. The maximum Gasteiger partial charge on any atom is 0.410 e. The van der Waals surface area contributed by atoms with E-state index in [0.29, 0.717) is 35.9 Å². The van der Waals surface area contributed by atoms with Crippen molar-refractivity contribution < 1.29 is 19.0 Å². The molecule has 2 aliphatic rings. The van der Waals surface area contributed by atoms with Crippen molar-refractivity contribution in [2.75, 3.05) is 39.1 Å². The standard InChI is InChI=1S/C30H40N4O4/c1-36-29-18-28-25(17-27(29)31)19-34(32-28)26-9-7-24(8-10-26)20-37-16-13-22-11-14-33(15-12-22)30(35)38-21-23-5-3-2-4-6-23/h2-6,17-19,22,24,26H,7-16,20-21,31H2,1H3/t24-,26-. The molecule has 0 unspecified atom stereocenters. The van der Waals surface area contributed by atoms with Crippen LogP contribution >= 0.6 is 0 Å². The van der Waals surface area contributed by atoms with E-state index in [1.165, 1.54) is 0 Å². The lowest BCUT2D eigenvalue weighted by Gasteiger charge is -2.31. The summed E-state index contributed by atoms with van der Waals surface area (Å²) in [5.41, 5.74) is 8.65. The molecule has 0 spiro atoms. The fourth-order valence-corrected chi connectivity index (χ4v) is 5.74. The number of likely N-dealkylation sites (tertiary alicyclic amines) is 1. The Kier molecular flexibility index (Phi) is 8.68. The third-order valence-corrected chi connectivity index (χ3v) is 8.17. The second kappa shape index (κ2) is 12.5. The number of nitrogens with two attached hydrogens (primary N) is 1. The summed E-state index contributed by atoms with van der Waals surface area (Å²) in [4.78, 5) is 14.2. The number of fused-ring (bicyclic) bond motifs is 1. The van der Waals surface area contributed by atoms with Crippen LogP contribution in [0.2, 0.25) is 0 Å². The molecule has 5 rings (SSSR count). The molecule has 1 amide bonds. The first-order valence-electron chi connectivity index (χ1n) is 13.9. The molecule has 8 nitrogen and oxygen atoms in total. The van der Waals surface area contributed by atoms with Crippen LogP contribution in [-0.4, -0.2) is 54.2 Å². The Morgan fingerprint density at radius 2 is 1.79 bits per heavy atom. The normalized spacial score (nSPS) is 20.5. The summed E-state index contributed by atoms with van der Waals surface area (Å²) in [5, 5.41) is 5.86. The second-order valence-electron chi connectivity index (χ2n) is 10.8. The lowest BCUT2D eigenvalue weighted by atomic mass is 9.86. The van der Waals surface area contributed by atoms with Gasteiger partial charge in [-0.3, -0.25) is 4.68 Å². The van der Waals surface area contributed by atoms with Crippen molar-refractivity contribution in [3.05, 3.63) is 54.2 Å². The predicted molar refractivity (Wildman–Crippen MR) is 148 cm³/mol. The number of ether oxygens (including phenoxy) is 3. The zero-order chi connectivity index (χ0) is 26.3. The maximum atomic E-state index is 12.4. The van der Waals surface area contributed by atoms with Crippen molar-refractivity contribution >= 4 is 22.7 Å². The summed E-state index contributed by atoms with van der Waals surface area (Å²) < 4.78 is 19.0. The van der Waals surface area contributed by atoms with E-state index in [1.54, 1.807) is 7.11 Å². The molecule has 1 aliphatic carbocycles. The molecule has 2 heterocycles. The Morgan fingerprint density at radius 3 is 2.53 bits per heavy atom. The van der Waals surface area contributed by atoms with Gasteiger partial charge in [0.2, 0.25) is 0 Å². The largest absolute Gasteiger partial charge is 0.495 e. The van der Waals surface area contributed by atoms with Crippen LogP contribution < -0.4 is 10.5 Å². The Balaban J connectivity index is 0.960. The first-order valence-corrected chi connectivity index (χ1v) is 13.9. The van der Waals surface area contributed by atoms with Gasteiger partial charge in [0.1, 0.15) is 12.4 Å². The molecule has 1 aromatic heterocycles. The van der Waals surface area contributed by atoms with Gasteiger partial charge in [0.25, 0.3) is 0 Å². The average Bonchev–Trinajstić information content (AvgIpc) is 3.37. The summed E-state index contributed by atoms with van der Waals surface area (Å²) in [7, 11) is 1.63. The number of nitrogen functional groups attached to an aromatic ring is 1. The van der Waals surface area contributed by atoms with Gasteiger partial charge in [-0.1, -0.05) is 30.3 Å². The van der Waals surface area contributed by atoms with Crippen molar-refractivity contribution in [3.63, 3.8) is 0 Å². The molecule has 0 bridgehead atoms. The minimum Gasteiger partial charge on any atom is -0.495 e. The minimum absolute atomic E-state index is 0.203. The van der Waals surface area contributed by atoms with Crippen LogP contribution in [0.15, 0.2) is 48.7 Å². The molecule has 204 valence electrons. The molecule has 1 saturated heterocycles. The van der Waals surface area contributed by atoms with Gasteiger partial charge in [0, 0.05) is 44.0 Å². The molecule has 1 saturated carbocycles. The van der Waals surface area contributed by atoms with Gasteiger partial charge in [0.15, 0.2) is 0 Å². The van der Waals surface area contributed by atoms with Gasteiger partial charge >= 0.3 is 6.09 Å². The highest BCUT2D eigenvalue weighted by atomic mass is 16.6. The molecule has 2 fully saturated rings. The summed E-state index contributed by atoms with van der Waals surface area (Å²) >= 11 is 0. The van der Waals surface area contributed by atoms with Gasteiger partial charge < -0.3 is 24.8 Å². The summed E-state index contributed by atoms with van der Waals surface area (Å²) in [6, 6.07) is 14.1. The van der Waals surface area contributed by atoms with Crippen LogP contribution in [0, 0.1) is 11.8 Å². The number of anilines is 1. The number of nitrogens with zero attached hydrogens (tertiary/aromatic N) is 3. The summed E-state index contributed by atoms with van der Waals surface area (Å²) in [5.74, 6) is 1.91. The number of hydrogen-bond donors (Lipinski definition) is 1. The fraction of sp³-hybridized carbons (Fsp3) is 0.533. The highest BCUT2D eigenvalue weighted by Crippen LogP contribution is 2.34. The van der Waals surface area contributed by atoms with Crippen LogP contribution in [-0.2, 0) is 16.1 Å². The van der Waals surface area contributed by atoms with Crippen LogP contribution in [0.25, 0.3) is 10.9 Å². The maximum absolute atomic E-state index is 12.4. The Labute approximate surface area is 225 Å². The predicted octanol–water partition coefficient (Wildman–Crippen LogP) is 5.81. The number of aromatic nitrogens is 2. The van der Waals surface area contributed by atoms with E-state index >= 15 is 0 Å². The van der Waals surface area contributed by atoms with Crippen molar-refractivity contribution in [3.8, 4) is 5.75 Å². The molecular formula is C30H40N4O4. The molecule has 2 N–H and O–H groups in total. The minimum atomic E-state index is -0.203. The molecule has 0 radical (unpaired) electrons. The zero-order valence-electron chi connectivity index (χ0n) is 22.4. The molecule has 0 atom stereocenters. The lowest BCUT2D eigenvalue weighted by Crippen LogP contribution is -2.39. The first kappa shape index (κ1) is 26.4. The average molecular weight is 521 g/mol. The van der Waals surface area contributed by atoms with Gasteiger partial charge in [-0.15, -0.1) is 0 Å². The number of carbonyl (C=O) groups is 1. The first-order chi connectivity index (χ1) is 18.6. The van der Waals surface area contributed by atoms with Crippen molar-refractivity contribution in [2.24, 2.45) is 11.8 Å².